The van der Waals surface area contributed by atoms with E-state index in [1.54, 1.807) is 55.5 Å². The zero-order valence-corrected chi connectivity index (χ0v) is 23.4. The highest BCUT2D eigenvalue weighted by Crippen LogP contribution is 2.46. The minimum Gasteiger partial charge on any atom is -0.493 e. The number of benzene rings is 3. The molecule has 0 spiro atoms. The number of sulfonamides is 1. The summed E-state index contributed by atoms with van der Waals surface area (Å²) >= 11 is 24.7. The van der Waals surface area contributed by atoms with Crippen LogP contribution in [0.25, 0.3) is 0 Å². The van der Waals surface area contributed by atoms with E-state index in [1.807, 2.05) is 0 Å². The van der Waals surface area contributed by atoms with E-state index in [4.69, 9.17) is 56.1 Å². The molecule has 2 atom stereocenters. The SMILES string of the molecule is CCOc1cc(Cl)c(S(=O)(=O)NC)cc1C1=NC(c2ccc(Cl)cc2)C(c2ccc(Cl)cc2)N1C(=O)Cl. The Kier molecular flexibility index (Phi) is 8.38. The van der Waals surface area contributed by atoms with E-state index in [0.29, 0.717) is 15.6 Å². The van der Waals surface area contributed by atoms with E-state index in [9.17, 15) is 13.2 Å². The van der Waals surface area contributed by atoms with Gasteiger partial charge >= 0.3 is 5.37 Å². The van der Waals surface area contributed by atoms with Crippen molar-refractivity contribution < 1.29 is 17.9 Å². The van der Waals surface area contributed by atoms with Crippen molar-refractivity contribution in [1.82, 2.24) is 9.62 Å². The van der Waals surface area contributed by atoms with Crippen molar-refractivity contribution in [2.75, 3.05) is 13.7 Å². The maximum absolute atomic E-state index is 13.0. The summed E-state index contributed by atoms with van der Waals surface area (Å²) in [5.74, 6) is 0.378. The highest BCUT2D eigenvalue weighted by molar-refractivity contribution is 7.89. The van der Waals surface area contributed by atoms with Gasteiger partial charge in [-0.2, -0.15) is 0 Å². The molecular formula is C25H21Cl4N3O4S. The zero-order chi connectivity index (χ0) is 26.9. The average molecular weight is 601 g/mol. The van der Waals surface area contributed by atoms with Gasteiger partial charge in [-0.15, -0.1) is 0 Å². The van der Waals surface area contributed by atoms with Crippen molar-refractivity contribution in [3.63, 3.8) is 0 Å². The zero-order valence-electron chi connectivity index (χ0n) is 19.6. The minimum absolute atomic E-state index is 0.0487. The normalized spacial score (nSPS) is 17.6. The predicted molar refractivity (Wildman–Crippen MR) is 147 cm³/mol. The Bertz CT molecular complexity index is 1460. The van der Waals surface area contributed by atoms with Gasteiger partial charge in [-0.3, -0.25) is 14.7 Å². The molecule has 0 aromatic heterocycles. The van der Waals surface area contributed by atoms with E-state index in [0.717, 1.165) is 5.56 Å². The molecule has 0 radical (unpaired) electrons. The molecule has 4 rings (SSSR count). The number of hydrogen-bond donors (Lipinski definition) is 1. The fraction of sp³-hybridized carbons (Fsp3) is 0.200. The Morgan fingerprint density at radius 1 is 1.00 bits per heavy atom. The van der Waals surface area contributed by atoms with Gasteiger partial charge in [0.2, 0.25) is 10.0 Å². The maximum atomic E-state index is 13.0. The van der Waals surface area contributed by atoms with Crippen LogP contribution >= 0.6 is 46.4 Å². The number of carbonyl (C=O) groups is 1. The molecule has 1 aliphatic rings. The molecule has 0 fully saturated rings. The third-order valence-corrected chi connectivity index (χ3v) is 8.38. The van der Waals surface area contributed by atoms with E-state index in [1.165, 1.54) is 24.1 Å². The second-order valence-electron chi connectivity index (χ2n) is 7.99. The minimum atomic E-state index is -3.95. The number of nitrogens with one attached hydrogen (secondary N) is 1. The molecule has 7 nitrogen and oxygen atoms in total. The second-order valence-corrected chi connectivity index (χ2v) is 11.4. The quantitative estimate of drug-likeness (QED) is 0.237. The lowest BCUT2D eigenvalue weighted by Gasteiger charge is -2.28. The predicted octanol–water partition coefficient (Wildman–Crippen LogP) is 6.86. The molecular weight excluding hydrogens is 580 g/mol. The summed E-state index contributed by atoms with van der Waals surface area (Å²) in [6.07, 6.45) is 0. The molecule has 1 aliphatic heterocycles. The summed E-state index contributed by atoms with van der Waals surface area (Å²) in [4.78, 5) is 19.0. The molecule has 3 aromatic rings. The monoisotopic (exact) mass is 599 g/mol. The molecule has 1 N–H and O–H groups in total. The first-order valence-electron chi connectivity index (χ1n) is 11.0. The van der Waals surface area contributed by atoms with Gasteiger partial charge in [-0.05, 0) is 67.0 Å². The van der Waals surface area contributed by atoms with Gasteiger partial charge in [0.1, 0.15) is 22.5 Å². The van der Waals surface area contributed by atoms with Gasteiger partial charge in [0.25, 0.3) is 0 Å². The summed E-state index contributed by atoms with van der Waals surface area (Å²) < 4.78 is 33.4. The van der Waals surface area contributed by atoms with Crippen LogP contribution in [-0.2, 0) is 10.0 Å². The van der Waals surface area contributed by atoms with Crippen LogP contribution in [0, 0.1) is 0 Å². The van der Waals surface area contributed by atoms with E-state index >= 15 is 0 Å². The number of rotatable bonds is 7. The van der Waals surface area contributed by atoms with Crippen LogP contribution in [0.4, 0.5) is 4.79 Å². The van der Waals surface area contributed by atoms with Crippen LogP contribution in [0.15, 0.2) is 70.6 Å². The number of carbonyl (C=O) groups excluding carboxylic acids is 1. The third kappa shape index (κ3) is 5.60. The molecule has 0 saturated heterocycles. The first kappa shape index (κ1) is 27.7. The number of hydrogen-bond acceptors (Lipinski definition) is 5. The summed E-state index contributed by atoms with van der Waals surface area (Å²) in [7, 11) is -2.68. The Morgan fingerprint density at radius 3 is 2.08 bits per heavy atom. The van der Waals surface area contributed by atoms with Crippen molar-refractivity contribution >= 4 is 67.6 Å². The molecule has 37 heavy (non-hydrogen) atoms. The van der Waals surface area contributed by atoms with E-state index < -0.39 is 27.5 Å². The Morgan fingerprint density at radius 2 is 1.57 bits per heavy atom. The molecule has 194 valence electrons. The summed E-state index contributed by atoms with van der Waals surface area (Å²) in [5.41, 5.74) is 1.72. The van der Waals surface area contributed by atoms with E-state index in [2.05, 4.69) is 4.72 Å². The number of aliphatic imine (C=N–C) groups is 1. The third-order valence-electron chi connectivity index (χ3n) is 5.81. The number of nitrogens with zero attached hydrogens (tertiary/aromatic N) is 2. The first-order chi connectivity index (χ1) is 17.6. The standard InChI is InChI=1S/C25H21Cl4N3O4S/c1-3-36-20-13-19(28)21(37(34,35)30-2)12-18(20)24-31-22(14-4-8-16(26)9-5-14)23(32(24)25(29)33)15-6-10-17(27)11-7-15/h4-13,22-23,30H,3H2,1-2H3. The highest BCUT2D eigenvalue weighted by atomic mass is 35.5. The van der Waals surface area contributed by atoms with Gasteiger partial charge in [-0.25, -0.2) is 13.1 Å². The Hall–Kier alpha value is -2.33. The lowest BCUT2D eigenvalue weighted by molar-refractivity contribution is 0.231. The molecule has 12 heteroatoms. The average Bonchev–Trinajstić information content (AvgIpc) is 3.26. The largest absolute Gasteiger partial charge is 0.493 e. The molecule has 3 aromatic carbocycles. The van der Waals surface area contributed by atoms with Crippen LogP contribution in [-0.4, -0.2) is 38.2 Å². The number of amidine groups is 1. The topological polar surface area (TPSA) is 88.1 Å². The van der Waals surface area contributed by atoms with Crippen LogP contribution in [0.2, 0.25) is 15.1 Å². The highest BCUT2D eigenvalue weighted by Gasteiger charge is 2.43. The molecule has 1 amide bonds. The van der Waals surface area contributed by atoms with Crippen molar-refractivity contribution in [2.24, 2.45) is 4.99 Å². The van der Waals surface area contributed by atoms with Crippen LogP contribution in [0.3, 0.4) is 0 Å². The lowest BCUT2D eigenvalue weighted by atomic mass is 9.94. The van der Waals surface area contributed by atoms with Gasteiger partial charge in [-0.1, -0.05) is 59.1 Å². The smallest absolute Gasteiger partial charge is 0.322 e. The fourth-order valence-corrected chi connectivity index (χ4v) is 5.84. The van der Waals surface area contributed by atoms with Crippen molar-refractivity contribution in [1.29, 1.82) is 0 Å². The first-order valence-corrected chi connectivity index (χ1v) is 14.0. The summed E-state index contributed by atoms with van der Waals surface area (Å²) in [5, 5.41) is 0.198. The molecule has 0 bridgehead atoms. The fourth-order valence-electron chi connectivity index (χ4n) is 4.14. The molecule has 2 unspecified atom stereocenters. The van der Waals surface area contributed by atoms with Crippen molar-refractivity contribution in [3.05, 3.63) is 92.4 Å². The molecule has 1 heterocycles. The maximum Gasteiger partial charge on any atom is 0.322 e. The van der Waals surface area contributed by atoms with E-state index in [-0.39, 0.29) is 33.7 Å². The summed E-state index contributed by atoms with van der Waals surface area (Å²) in [6.45, 7) is 2.02. The van der Waals surface area contributed by atoms with Gasteiger partial charge in [0.05, 0.1) is 23.2 Å². The number of amides is 1. The van der Waals surface area contributed by atoms with Crippen LogP contribution < -0.4 is 9.46 Å². The van der Waals surface area contributed by atoms with Crippen molar-refractivity contribution in [3.8, 4) is 5.75 Å². The number of halogens is 4. The molecule has 0 saturated carbocycles. The van der Waals surface area contributed by atoms with Gasteiger partial charge in [0, 0.05) is 16.1 Å². The van der Waals surface area contributed by atoms with Gasteiger partial charge < -0.3 is 4.74 Å². The lowest BCUT2D eigenvalue weighted by Crippen LogP contribution is -2.34. The second kappa shape index (κ2) is 11.2. The molecule has 0 aliphatic carbocycles. The Labute approximate surface area is 235 Å². The van der Waals surface area contributed by atoms with Crippen LogP contribution in [0.5, 0.6) is 5.75 Å². The number of ether oxygens (including phenoxy) is 1. The van der Waals surface area contributed by atoms with Crippen molar-refractivity contribution in [2.45, 2.75) is 23.9 Å². The summed E-state index contributed by atoms with van der Waals surface area (Å²) in [6, 6.07) is 15.5. The van der Waals surface area contributed by atoms with Crippen LogP contribution in [0.1, 0.15) is 35.7 Å². The van der Waals surface area contributed by atoms with Gasteiger partial charge in [0.15, 0.2) is 0 Å². The Balaban J connectivity index is 1.99.